The molecule has 0 bridgehead atoms. The number of methoxy groups -OCH3 is 1. The number of carbonyl (C=O) groups is 1. The van der Waals surface area contributed by atoms with E-state index in [1.54, 1.807) is 0 Å². The Labute approximate surface area is 144 Å². The van der Waals surface area contributed by atoms with Gasteiger partial charge in [0.1, 0.15) is 0 Å². The summed E-state index contributed by atoms with van der Waals surface area (Å²) in [5.41, 5.74) is 1.33. The van der Waals surface area contributed by atoms with Crippen LogP contribution in [0.3, 0.4) is 0 Å². The first-order valence-electron chi connectivity index (χ1n) is 9.05. The molecule has 3 rings (SSSR count). The lowest BCUT2D eigenvalue weighted by Gasteiger charge is -2.51. The highest BCUT2D eigenvalue weighted by Gasteiger charge is 2.51. The molecular weight excluding hydrogens is 304 g/mol. The highest BCUT2D eigenvalue weighted by molar-refractivity contribution is 5.74. The van der Waals surface area contributed by atoms with Gasteiger partial charge in [-0.1, -0.05) is 0 Å². The number of hydrogen-bond donors (Lipinski definition) is 2. The fourth-order valence-electron chi connectivity index (χ4n) is 4.47. The predicted molar refractivity (Wildman–Crippen MR) is 94.3 cm³/mol. The lowest BCUT2D eigenvalue weighted by Crippen LogP contribution is -2.55. The van der Waals surface area contributed by atoms with E-state index in [1.807, 2.05) is 18.0 Å². The molecule has 0 unspecified atom stereocenters. The maximum Gasteiger partial charge on any atom is 0.409 e. The molecule has 0 atom stereocenters. The Balaban J connectivity index is 1.40. The van der Waals surface area contributed by atoms with Crippen LogP contribution < -0.4 is 5.32 Å². The summed E-state index contributed by atoms with van der Waals surface area (Å²) in [5.74, 6) is 0. The second-order valence-corrected chi connectivity index (χ2v) is 7.71. The van der Waals surface area contributed by atoms with Crippen LogP contribution in [-0.2, 0) is 4.74 Å². The smallest absolute Gasteiger partial charge is 0.409 e. The van der Waals surface area contributed by atoms with Crippen molar-refractivity contribution in [3.63, 3.8) is 0 Å². The van der Waals surface area contributed by atoms with Gasteiger partial charge < -0.3 is 25.3 Å². The van der Waals surface area contributed by atoms with Crippen LogP contribution in [0.25, 0.3) is 0 Å². The fraction of sp³-hybridized carbons (Fsp3) is 0.778. The largest absolute Gasteiger partial charge is 0.453 e. The van der Waals surface area contributed by atoms with Crippen molar-refractivity contribution in [3.8, 4) is 0 Å². The number of piperidine rings is 1. The van der Waals surface area contributed by atoms with Crippen LogP contribution in [0.2, 0.25) is 0 Å². The second kappa shape index (κ2) is 7.13. The molecule has 2 saturated heterocycles. The van der Waals surface area contributed by atoms with Gasteiger partial charge in [-0.25, -0.2) is 4.79 Å². The summed E-state index contributed by atoms with van der Waals surface area (Å²) in [6.07, 6.45) is 9.09. The zero-order valence-corrected chi connectivity index (χ0v) is 14.9. The lowest BCUT2D eigenvalue weighted by molar-refractivity contribution is -0.00506. The number of hydrogen-bond acceptors (Lipinski definition) is 5. The number of amides is 1. The second-order valence-electron chi connectivity index (χ2n) is 7.71. The average molecular weight is 334 g/mol. The molecule has 0 aromatic heterocycles. The van der Waals surface area contributed by atoms with Crippen LogP contribution in [0.5, 0.6) is 0 Å². The summed E-state index contributed by atoms with van der Waals surface area (Å²) in [5, 5.41) is 10.6. The first-order valence-corrected chi connectivity index (χ1v) is 9.05. The molecule has 134 valence electrons. The Kier molecular flexibility index (Phi) is 5.13. The summed E-state index contributed by atoms with van der Waals surface area (Å²) < 4.78 is 4.85. The van der Waals surface area contributed by atoms with E-state index >= 15 is 0 Å². The van der Waals surface area contributed by atoms with Crippen molar-refractivity contribution in [1.82, 2.24) is 15.1 Å². The van der Waals surface area contributed by atoms with E-state index in [-0.39, 0.29) is 6.09 Å². The molecule has 6 nitrogen and oxygen atoms in total. The molecule has 2 aliphatic heterocycles. The van der Waals surface area contributed by atoms with Crippen LogP contribution in [0, 0.1) is 10.8 Å². The van der Waals surface area contributed by atoms with E-state index in [2.05, 4.69) is 10.2 Å². The van der Waals surface area contributed by atoms with E-state index in [0.29, 0.717) is 17.5 Å². The SMILES string of the molecule is COC(=O)N1CCC2(CC(N3CCC(N/C=C(/C)C=N)CC3)C2)C1. The number of nitrogens with zero attached hydrogens (tertiary/aromatic N) is 2. The first-order chi connectivity index (χ1) is 11.5. The van der Waals surface area contributed by atoms with E-state index in [4.69, 9.17) is 10.1 Å². The normalized spacial score (nSPS) is 31.8. The molecule has 1 saturated carbocycles. The highest BCUT2D eigenvalue weighted by atomic mass is 16.5. The predicted octanol–water partition coefficient (Wildman–Crippen LogP) is 2.21. The van der Waals surface area contributed by atoms with Crippen molar-refractivity contribution in [2.24, 2.45) is 5.41 Å². The van der Waals surface area contributed by atoms with Crippen LogP contribution in [0.1, 0.15) is 39.0 Å². The van der Waals surface area contributed by atoms with Gasteiger partial charge in [0.05, 0.1) is 7.11 Å². The molecule has 0 aromatic carbocycles. The number of carbonyl (C=O) groups excluding carboxylic acids is 1. The third-order valence-electron chi connectivity index (χ3n) is 6.03. The summed E-state index contributed by atoms with van der Waals surface area (Å²) in [6, 6.07) is 1.23. The van der Waals surface area contributed by atoms with Gasteiger partial charge in [0, 0.05) is 50.7 Å². The Bertz CT molecular complexity index is 505. The molecule has 0 aromatic rings. The maximum atomic E-state index is 11.7. The third-order valence-corrected chi connectivity index (χ3v) is 6.03. The summed E-state index contributed by atoms with van der Waals surface area (Å²) in [4.78, 5) is 16.2. The lowest BCUT2D eigenvalue weighted by atomic mass is 9.64. The number of nitrogens with one attached hydrogen (secondary N) is 2. The number of ether oxygens (including phenoxy) is 1. The van der Waals surface area contributed by atoms with Crippen molar-refractivity contribution in [1.29, 1.82) is 5.41 Å². The fourth-order valence-corrected chi connectivity index (χ4v) is 4.47. The molecule has 24 heavy (non-hydrogen) atoms. The third kappa shape index (κ3) is 3.58. The Morgan fingerprint density at radius 2 is 2.00 bits per heavy atom. The summed E-state index contributed by atoms with van der Waals surface area (Å²) >= 11 is 0. The highest BCUT2D eigenvalue weighted by Crippen LogP contribution is 2.50. The van der Waals surface area contributed by atoms with Crippen molar-refractivity contribution in [2.75, 3.05) is 33.3 Å². The van der Waals surface area contributed by atoms with Crippen molar-refractivity contribution >= 4 is 12.3 Å². The average Bonchev–Trinajstić information content (AvgIpc) is 3.04. The molecule has 1 aliphatic carbocycles. The topological polar surface area (TPSA) is 68.7 Å². The van der Waals surface area contributed by atoms with Gasteiger partial charge >= 0.3 is 6.09 Å². The van der Waals surface area contributed by atoms with E-state index < -0.39 is 0 Å². The van der Waals surface area contributed by atoms with Gasteiger partial charge in [-0.3, -0.25) is 0 Å². The van der Waals surface area contributed by atoms with Gasteiger partial charge in [0.25, 0.3) is 0 Å². The van der Waals surface area contributed by atoms with Gasteiger partial charge in [-0.05, 0) is 50.0 Å². The molecule has 3 fully saturated rings. The van der Waals surface area contributed by atoms with Crippen molar-refractivity contribution in [3.05, 3.63) is 11.8 Å². The van der Waals surface area contributed by atoms with Crippen LogP contribution >= 0.6 is 0 Å². The molecule has 1 spiro atoms. The van der Waals surface area contributed by atoms with Crippen molar-refractivity contribution < 1.29 is 9.53 Å². The van der Waals surface area contributed by atoms with Crippen LogP contribution in [0.4, 0.5) is 4.79 Å². The summed E-state index contributed by atoms with van der Waals surface area (Å²) in [6.45, 7) is 5.97. The number of allylic oxidation sites excluding steroid dienone is 1. The molecule has 1 amide bonds. The first kappa shape index (κ1) is 17.3. The zero-order valence-electron chi connectivity index (χ0n) is 14.9. The molecule has 0 radical (unpaired) electrons. The monoisotopic (exact) mass is 334 g/mol. The van der Waals surface area contributed by atoms with Gasteiger partial charge in [0.15, 0.2) is 0 Å². The Morgan fingerprint density at radius 3 is 2.62 bits per heavy atom. The van der Waals surface area contributed by atoms with Crippen LogP contribution in [-0.4, -0.2) is 67.5 Å². The van der Waals surface area contributed by atoms with Gasteiger partial charge in [-0.2, -0.15) is 0 Å². The van der Waals surface area contributed by atoms with Gasteiger partial charge in [0.2, 0.25) is 0 Å². The zero-order chi connectivity index (χ0) is 17.2. The maximum absolute atomic E-state index is 11.7. The quantitative estimate of drug-likeness (QED) is 0.774. The summed E-state index contributed by atoms with van der Waals surface area (Å²) in [7, 11) is 1.47. The molecule has 2 heterocycles. The number of rotatable bonds is 4. The molecular formula is C18H30N4O2. The molecule has 6 heteroatoms. The van der Waals surface area contributed by atoms with Crippen LogP contribution in [0.15, 0.2) is 11.8 Å². The Hall–Kier alpha value is -1.56. The van der Waals surface area contributed by atoms with E-state index in [0.717, 1.165) is 38.2 Å². The minimum absolute atomic E-state index is 0.171. The number of likely N-dealkylation sites (tertiary alicyclic amines) is 2. The Morgan fingerprint density at radius 1 is 1.29 bits per heavy atom. The minimum atomic E-state index is -0.171. The minimum Gasteiger partial charge on any atom is -0.453 e. The van der Waals surface area contributed by atoms with Crippen molar-refractivity contribution in [2.45, 2.75) is 51.1 Å². The molecule has 2 N–H and O–H groups in total. The van der Waals surface area contributed by atoms with E-state index in [1.165, 1.54) is 39.0 Å². The van der Waals surface area contributed by atoms with Gasteiger partial charge in [-0.15, -0.1) is 0 Å². The molecule has 3 aliphatic rings. The van der Waals surface area contributed by atoms with E-state index in [9.17, 15) is 4.79 Å². The standard InChI is InChI=1S/C18H30N4O2/c1-14(11-19)12-20-15-3-6-21(7-4-15)16-9-18(10-16)5-8-22(13-18)17(23)24-2/h11-12,15-16,19-20H,3-10,13H2,1-2H3/b14-12-,19-11?.